The van der Waals surface area contributed by atoms with Crippen LogP contribution < -0.4 is 5.32 Å². The summed E-state index contributed by atoms with van der Waals surface area (Å²) >= 11 is 1.13. The fourth-order valence-electron chi connectivity index (χ4n) is 1.52. The fourth-order valence-corrected chi connectivity index (χ4v) is 2.11. The highest BCUT2D eigenvalue weighted by molar-refractivity contribution is 7.08. The molecule has 2 rings (SSSR count). The summed E-state index contributed by atoms with van der Waals surface area (Å²) in [5, 5.41) is 6.98. The number of carbonyl (C=O) groups excluding carboxylic acids is 1. The number of nitrogens with one attached hydrogen (secondary N) is 1. The minimum absolute atomic E-state index is 0.0989. The third-order valence-corrected chi connectivity index (χ3v) is 3.46. The molecule has 94 valence electrons. The molecular formula is C13H15N3OS. The Labute approximate surface area is 110 Å². The normalized spacial score (nSPS) is 12.1. The topological polar surface area (TPSA) is 54.9 Å². The van der Waals surface area contributed by atoms with Crippen LogP contribution in [0.3, 0.4) is 0 Å². The first-order valence-corrected chi connectivity index (χ1v) is 6.68. The van der Waals surface area contributed by atoms with Crippen molar-refractivity contribution >= 4 is 17.4 Å². The Balaban J connectivity index is 2.26. The lowest BCUT2D eigenvalue weighted by atomic mass is 10.1. The van der Waals surface area contributed by atoms with Crippen molar-refractivity contribution in [2.75, 3.05) is 0 Å². The molecule has 1 N–H and O–H groups in total. The number of aromatic nitrogens is 2. The highest BCUT2D eigenvalue weighted by Gasteiger charge is 2.18. The van der Waals surface area contributed by atoms with Gasteiger partial charge in [-0.25, -0.2) is 0 Å². The molecule has 0 saturated carbocycles. The van der Waals surface area contributed by atoms with Crippen LogP contribution in [0.2, 0.25) is 0 Å². The van der Waals surface area contributed by atoms with E-state index >= 15 is 0 Å². The second kappa shape index (κ2) is 5.73. The van der Waals surface area contributed by atoms with Gasteiger partial charge in [-0.2, -0.15) is 0 Å². The monoisotopic (exact) mass is 261 g/mol. The van der Waals surface area contributed by atoms with E-state index in [0.717, 1.165) is 23.5 Å². The summed E-state index contributed by atoms with van der Waals surface area (Å²) in [6, 6.07) is 9.79. The van der Waals surface area contributed by atoms with Crippen LogP contribution in [-0.2, 0) is 0 Å². The van der Waals surface area contributed by atoms with Crippen LogP contribution in [0, 0.1) is 0 Å². The van der Waals surface area contributed by atoms with Gasteiger partial charge in [0.2, 0.25) is 0 Å². The van der Waals surface area contributed by atoms with E-state index in [0.29, 0.717) is 10.6 Å². The van der Waals surface area contributed by atoms with Gasteiger partial charge in [-0.1, -0.05) is 41.7 Å². The van der Waals surface area contributed by atoms with E-state index in [1.165, 1.54) is 0 Å². The van der Waals surface area contributed by atoms with Crippen molar-refractivity contribution in [1.82, 2.24) is 14.9 Å². The van der Waals surface area contributed by atoms with Crippen LogP contribution in [0.5, 0.6) is 0 Å². The minimum atomic E-state index is -0.0989. The molecule has 0 fully saturated rings. The first kappa shape index (κ1) is 12.7. The Bertz CT molecular complexity index is 524. The van der Waals surface area contributed by atoms with Gasteiger partial charge in [0, 0.05) is 11.6 Å². The number of amides is 1. The molecule has 0 aliphatic heterocycles. The molecule has 1 aromatic heterocycles. The van der Waals surface area contributed by atoms with Gasteiger partial charge in [0.25, 0.3) is 5.91 Å². The fraction of sp³-hybridized carbons (Fsp3) is 0.308. The van der Waals surface area contributed by atoms with Crippen molar-refractivity contribution in [2.24, 2.45) is 0 Å². The molecule has 5 heteroatoms. The number of hydrogen-bond acceptors (Lipinski definition) is 4. The van der Waals surface area contributed by atoms with E-state index in [1.54, 1.807) is 0 Å². The SMILES string of the molecule is CCC(C)NC(=O)c1snnc1-c1ccccc1. The maximum Gasteiger partial charge on any atom is 0.265 e. The van der Waals surface area contributed by atoms with Crippen LogP contribution >= 0.6 is 11.5 Å². The number of rotatable bonds is 4. The van der Waals surface area contributed by atoms with E-state index in [4.69, 9.17) is 0 Å². The van der Waals surface area contributed by atoms with Crippen LogP contribution in [0.4, 0.5) is 0 Å². The molecular weight excluding hydrogens is 246 g/mol. The minimum Gasteiger partial charge on any atom is -0.349 e. The van der Waals surface area contributed by atoms with Crippen molar-refractivity contribution in [2.45, 2.75) is 26.3 Å². The Morgan fingerprint density at radius 2 is 2.11 bits per heavy atom. The van der Waals surface area contributed by atoms with Crippen molar-refractivity contribution < 1.29 is 4.79 Å². The summed E-state index contributed by atoms with van der Waals surface area (Å²) in [6.07, 6.45) is 0.901. The highest BCUT2D eigenvalue weighted by atomic mass is 32.1. The Morgan fingerprint density at radius 1 is 1.39 bits per heavy atom. The van der Waals surface area contributed by atoms with Gasteiger partial charge in [0.15, 0.2) is 0 Å². The molecule has 0 radical (unpaired) electrons. The number of hydrogen-bond donors (Lipinski definition) is 1. The summed E-state index contributed by atoms with van der Waals surface area (Å²) in [6.45, 7) is 4.02. The maximum atomic E-state index is 12.1. The molecule has 1 unspecified atom stereocenters. The molecule has 1 atom stereocenters. The van der Waals surface area contributed by atoms with E-state index < -0.39 is 0 Å². The second-order valence-electron chi connectivity index (χ2n) is 4.10. The summed E-state index contributed by atoms with van der Waals surface area (Å²) in [4.78, 5) is 12.7. The summed E-state index contributed by atoms with van der Waals surface area (Å²) in [5.74, 6) is -0.0989. The number of carbonyl (C=O) groups is 1. The average Bonchev–Trinajstić information content (AvgIpc) is 2.88. The quantitative estimate of drug-likeness (QED) is 0.920. The second-order valence-corrected chi connectivity index (χ2v) is 4.85. The van der Waals surface area contributed by atoms with E-state index in [9.17, 15) is 4.79 Å². The number of nitrogens with zero attached hydrogens (tertiary/aromatic N) is 2. The molecule has 1 amide bonds. The van der Waals surface area contributed by atoms with Gasteiger partial charge in [0.1, 0.15) is 10.6 Å². The van der Waals surface area contributed by atoms with Gasteiger partial charge in [-0.05, 0) is 24.9 Å². The smallest absolute Gasteiger partial charge is 0.265 e. The molecule has 0 saturated heterocycles. The molecule has 1 aromatic carbocycles. The molecule has 18 heavy (non-hydrogen) atoms. The molecule has 0 bridgehead atoms. The lowest BCUT2D eigenvalue weighted by molar-refractivity contribution is 0.0944. The van der Waals surface area contributed by atoms with E-state index in [-0.39, 0.29) is 11.9 Å². The van der Waals surface area contributed by atoms with Crippen LogP contribution in [0.25, 0.3) is 11.3 Å². The van der Waals surface area contributed by atoms with Gasteiger partial charge < -0.3 is 5.32 Å². The largest absolute Gasteiger partial charge is 0.349 e. The van der Waals surface area contributed by atoms with Crippen molar-refractivity contribution in [1.29, 1.82) is 0 Å². The molecule has 4 nitrogen and oxygen atoms in total. The average molecular weight is 261 g/mol. The summed E-state index contributed by atoms with van der Waals surface area (Å²) in [5.41, 5.74) is 1.57. The predicted octanol–water partition coefficient (Wildman–Crippen LogP) is 2.73. The summed E-state index contributed by atoms with van der Waals surface area (Å²) in [7, 11) is 0. The van der Waals surface area contributed by atoms with Crippen molar-refractivity contribution in [3.8, 4) is 11.3 Å². The lowest BCUT2D eigenvalue weighted by Crippen LogP contribution is -2.31. The molecule has 1 heterocycles. The lowest BCUT2D eigenvalue weighted by Gasteiger charge is -2.10. The highest BCUT2D eigenvalue weighted by Crippen LogP contribution is 2.23. The van der Waals surface area contributed by atoms with Gasteiger partial charge in [-0.3, -0.25) is 4.79 Å². The zero-order valence-electron chi connectivity index (χ0n) is 10.4. The Hall–Kier alpha value is -1.75. The van der Waals surface area contributed by atoms with Crippen LogP contribution in [0.15, 0.2) is 30.3 Å². The zero-order valence-corrected chi connectivity index (χ0v) is 11.2. The van der Waals surface area contributed by atoms with E-state index in [2.05, 4.69) is 14.9 Å². The predicted molar refractivity (Wildman–Crippen MR) is 72.6 cm³/mol. The van der Waals surface area contributed by atoms with Crippen LogP contribution in [-0.4, -0.2) is 21.5 Å². The number of benzene rings is 1. The molecule has 0 aliphatic carbocycles. The van der Waals surface area contributed by atoms with Crippen molar-refractivity contribution in [3.05, 3.63) is 35.2 Å². The van der Waals surface area contributed by atoms with Gasteiger partial charge in [-0.15, -0.1) is 5.10 Å². The Kier molecular flexibility index (Phi) is 4.04. The first-order valence-electron chi connectivity index (χ1n) is 5.91. The first-order chi connectivity index (χ1) is 8.72. The standard InChI is InChI=1S/C13H15N3OS/c1-3-9(2)14-13(17)12-11(15-16-18-12)10-7-5-4-6-8-10/h4-9H,3H2,1-2H3,(H,14,17). The van der Waals surface area contributed by atoms with Crippen LogP contribution in [0.1, 0.15) is 29.9 Å². The molecule has 0 aliphatic rings. The van der Waals surface area contributed by atoms with Gasteiger partial charge >= 0.3 is 0 Å². The Morgan fingerprint density at radius 3 is 2.78 bits per heavy atom. The molecule has 0 spiro atoms. The van der Waals surface area contributed by atoms with E-state index in [1.807, 2.05) is 44.2 Å². The third-order valence-electron chi connectivity index (χ3n) is 2.73. The molecule has 2 aromatic rings. The summed E-state index contributed by atoms with van der Waals surface area (Å²) < 4.78 is 3.88. The van der Waals surface area contributed by atoms with Crippen molar-refractivity contribution in [3.63, 3.8) is 0 Å². The zero-order chi connectivity index (χ0) is 13.0. The third kappa shape index (κ3) is 2.73. The van der Waals surface area contributed by atoms with Gasteiger partial charge in [0.05, 0.1) is 0 Å². The maximum absolute atomic E-state index is 12.1.